The van der Waals surface area contributed by atoms with Crippen LogP contribution in [0.5, 0.6) is 0 Å². The molecule has 0 amide bonds. The van der Waals surface area contributed by atoms with Crippen LogP contribution >= 0.6 is 27.3 Å². The first-order chi connectivity index (χ1) is 7.18. The van der Waals surface area contributed by atoms with Crippen molar-refractivity contribution in [3.05, 3.63) is 9.98 Å². The Kier molecular flexibility index (Phi) is 4.36. The number of thiazole rings is 1. The highest BCUT2D eigenvalue weighted by Crippen LogP contribution is 2.25. The van der Waals surface area contributed by atoms with Gasteiger partial charge in [-0.1, -0.05) is 32.1 Å². The van der Waals surface area contributed by atoms with Crippen LogP contribution in [0.25, 0.3) is 0 Å². The number of sulfonamides is 1. The topological polar surface area (TPSA) is 59.1 Å². The molecular weight excluding hydrogens is 312 g/mol. The highest BCUT2D eigenvalue weighted by atomic mass is 79.9. The van der Waals surface area contributed by atoms with Crippen molar-refractivity contribution in [3.63, 3.8) is 0 Å². The average Bonchev–Trinajstić information content (AvgIpc) is 2.46. The summed E-state index contributed by atoms with van der Waals surface area (Å²) in [6.07, 6.45) is 2.20. The molecule has 0 bridgehead atoms. The number of hydrogen-bond acceptors (Lipinski definition) is 4. The molecule has 0 radical (unpaired) electrons. The zero-order valence-corrected chi connectivity index (χ0v) is 12.7. The number of nitrogens with zero attached hydrogens (tertiary/aromatic N) is 1. The van der Waals surface area contributed by atoms with Crippen LogP contribution in [0.1, 0.15) is 27.2 Å². The van der Waals surface area contributed by atoms with Crippen LogP contribution < -0.4 is 4.72 Å². The Morgan fingerprint density at radius 3 is 2.56 bits per heavy atom. The van der Waals surface area contributed by atoms with E-state index in [4.69, 9.17) is 0 Å². The van der Waals surface area contributed by atoms with Gasteiger partial charge in [-0.2, -0.15) is 0 Å². The van der Waals surface area contributed by atoms with E-state index in [0.717, 1.165) is 3.79 Å². The Labute approximate surface area is 109 Å². The molecule has 7 heteroatoms. The quantitative estimate of drug-likeness (QED) is 0.924. The minimum Gasteiger partial charge on any atom is -0.259 e. The van der Waals surface area contributed by atoms with E-state index >= 15 is 0 Å². The molecule has 92 valence electrons. The molecule has 0 aliphatic carbocycles. The van der Waals surface area contributed by atoms with Gasteiger partial charge in [0.05, 0.1) is 15.7 Å². The van der Waals surface area contributed by atoms with E-state index in [1.54, 1.807) is 6.20 Å². The van der Waals surface area contributed by atoms with Crippen LogP contribution in [0.4, 0.5) is 5.13 Å². The van der Waals surface area contributed by atoms with Gasteiger partial charge in [-0.3, -0.25) is 4.72 Å². The highest BCUT2D eigenvalue weighted by molar-refractivity contribution is 9.11. The van der Waals surface area contributed by atoms with Crippen LogP contribution in [0.3, 0.4) is 0 Å². The summed E-state index contributed by atoms with van der Waals surface area (Å²) >= 11 is 4.49. The summed E-state index contributed by atoms with van der Waals surface area (Å²) in [5.41, 5.74) is 0.0121. The van der Waals surface area contributed by atoms with Gasteiger partial charge in [0.15, 0.2) is 5.13 Å². The lowest BCUT2D eigenvalue weighted by Crippen LogP contribution is -2.20. The third kappa shape index (κ3) is 5.27. The largest absolute Gasteiger partial charge is 0.259 e. The number of halogens is 1. The second-order valence-electron chi connectivity index (χ2n) is 4.70. The summed E-state index contributed by atoms with van der Waals surface area (Å²) in [6.45, 7) is 6.05. The smallest absolute Gasteiger partial charge is 0.234 e. The van der Waals surface area contributed by atoms with E-state index in [1.807, 2.05) is 20.8 Å². The average molecular weight is 327 g/mol. The van der Waals surface area contributed by atoms with Gasteiger partial charge in [-0.15, -0.1) is 0 Å². The first-order valence-corrected chi connectivity index (χ1v) is 8.06. The molecule has 1 heterocycles. The summed E-state index contributed by atoms with van der Waals surface area (Å²) in [4.78, 5) is 3.93. The molecule has 0 aliphatic heterocycles. The molecule has 1 N–H and O–H groups in total. The zero-order chi connectivity index (χ0) is 12.4. The van der Waals surface area contributed by atoms with E-state index < -0.39 is 10.0 Å². The predicted octanol–water partition coefficient (Wildman–Crippen LogP) is 3.08. The lowest BCUT2D eigenvalue weighted by Gasteiger charge is -2.17. The second-order valence-corrected chi connectivity index (χ2v) is 8.95. The van der Waals surface area contributed by atoms with Gasteiger partial charge in [-0.25, -0.2) is 13.4 Å². The molecule has 0 saturated heterocycles. The van der Waals surface area contributed by atoms with Gasteiger partial charge in [-0.05, 0) is 27.8 Å². The fraction of sp³-hybridized carbons (Fsp3) is 0.667. The maximum absolute atomic E-state index is 11.7. The second kappa shape index (κ2) is 5.01. The van der Waals surface area contributed by atoms with Crippen LogP contribution in [0, 0.1) is 5.41 Å². The summed E-state index contributed by atoms with van der Waals surface area (Å²) in [6, 6.07) is 0. The van der Waals surface area contributed by atoms with E-state index in [-0.39, 0.29) is 11.2 Å². The molecule has 0 saturated carbocycles. The van der Waals surface area contributed by atoms with Crippen molar-refractivity contribution >= 4 is 42.4 Å². The number of nitrogens with one attached hydrogen (secondary N) is 1. The molecule has 0 spiro atoms. The number of rotatable bonds is 4. The van der Waals surface area contributed by atoms with Crippen molar-refractivity contribution in [1.82, 2.24) is 4.98 Å². The number of anilines is 1. The lowest BCUT2D eigenvalue weighted by molar-refractivity contribution is 0.397. The first kappa shape index (κ1) is 13.9. The van der Waals surface area contributed by atoms with Crippen molar-refractivity contribution in [1.29, 1.82) is 0 Å². The highest BCUT2D eigenvalue weighted by Gasteiger charge is 2.18. The van der Waals surface area contributed by atoms with Gasteiger partial charge < -0.3 is 0 Å². The number of hydrogen-bond donors (Lipinski definition) is 1. The Bertz CT molecular complexity index is 448. The summed E-state index contributed by atoms with van der Waals surface area (Å²) < 4.78 is 26.7. The molecule has 0 atom stereocenters. The summed E-state index contributed by atoms with van der Waals surface area (Å²) in [5, 5.41) is 0.404. The van der Waals surface area contributed by atoms with E-state index in [1.165, 1.54) is 11.3 Å². The number of aromatic nitrogens is 1. The van der Waals surface area contributed by atoms with Gasteiger partial charge in [0.2, 0.25) is 10.0 Å². The van der Waals surface area contributed by atoms with E-state index in [9.17, 15) is 8.42 Å². The zero-order valence-electron chi connectivity index (χ0n) is 9.45. The van der Waals surface area contributed by atoms with E-state index in [0.29, 0.717) is 11.6 Å². The van der Waals surface area contributed by atoms with Crippen LogP contribution in [0.15, 0.2) is 9.98 Å². The fourth-order valence-electron chi connectivity index (χ4n) is 0.926. The van der Waals surface area contributed by atoms with Crippen molar-refractivity contribution in [2.45, 2.75) is 27.2 Å². The fourth-order valence-corrected chi connectivity index (χ4v) is 3.73. The standard InChI is InChI=1S/C9H15BrN2O2S2/c1-9(2,3)4-5-16(13,14)12-8-11-6-7(10)15-8/h6H,4-5H2,1-3H3,(H,11,12). The lowest BCUT2D eigenvalue weighted by atomic mass is 9.94. The first-order valence-electron chi connectivity index (χ1n) is 4.80. The Morgan fingerprint density at radius 2 is 2.12 bits per heavy atom. The Morgan fingerprint density at radius 1 is 1.50 bits per heavy atom. The molecule has 4 nitrogen and oxygen atoms in total. The molecule has 0 fully saturated rings. The molecule has 1 aromatic rings. The van der Waals surface area contributed by atoms with Crippen molar-refractivity contribution < 1.29 is 8.42 Å². The van der Waals surface area contributed by atoms with Crippen LogP contribution in [0.2, 0.25) is 0 Å². The van der Waals surface area contributed by atoms with Crippen molar-refractivity contribution in [2.75, 3.05) is 10.5 Å². The van der Waals surface area contributed by atoms with E-state index in [2.05, 4.69) is 25.6 Å². The molecule has 1 rings (SSSR count). The normalized spacial score (nSPS) is 12.8. The van der Waals surface area contributed by atoms with Gasteiger partial charge in [0.25, 0.3) is 0 Å². The molecule has 16 heavy (non-hydrogen) atoms. The maximum atomic E-state index is 11.7. The third-order valence-corrected chi connectivity index (χ3v) is 4.61. The Balaban J connectivity index is 2.59. The molecule has 0 aromatic carbocycles. The van der Waals surface area contributed by atoms with Crippen molar-refractivity contribution in [3.8, 4) is 0 Å². The van der Waals surface area contributed by atoms with Crippen molar-refractivity contribution in [2.24, 2.45) is 5.41 Å². The van der Waals surface area contributed by atoms with Crippen LogP contribution in [-0.4, -0.2) is 19.2 Å². The molecule has 0 unspecified atom stereocenters. The Hall–Kier alpha value is -0.140. The molecular formula is C9H15BrN2O2S2. The third-order valence-electron chi connectivity index (χ3n) is 1.84. The summed E-state index contributed by atoms with van der Waals surface area (Å²) in [5.74, 6) is 0.119. The minimum absolute atomic E-state index is 0.0121. The predicted molar refractivity (Wildman–Crippen MR) is 71.3 cm³/mol. The SMILES string of the molecule is CC(C)(C)CCS(=O)(=O)Nc1ncc(Br)s1. The molecule has 1 aromatic heterocycles. The van der Waals surface area contributed by atoms with Gasteiger partial charge in [0.1, 0.15) is 0 Å². The van der Waals surface area contributed by atoms with Gasteiger partial charge in [0, 0.05) is 0 Å². The summed E-state index contributed by atoms with van der Waals surface area (Å²) in [7, 11) is -3.28. The van der Waals surface area contributed by atoms with Crippen LogP contribution in [-0.2, 0) is 10.0 Å². The van der Waals surface area contributed by atoms with Gasteiger partial charge >= 0.3 is 0 Å². The molecule has 0 aliphatic rings. The minimum atomic E-state index is -3.28. The monoisotopic (exact) mass is 326 g/mol. The maximum Gasteiger partial charge on any atom is 0.234 e.